The summed E-state index contributed by atoms with van der Waals surface area (Å²) in [5.41, 5.74) is 1.37. The van der Waals surface area contributed by atoms with Crippen LogP contribution in [0, 0.1) is 10.1 Å². The summed E-state index contributed by atoms with van der Waals surface area (Å²) in [6, 6.07) is 4.39. The SMILES string of the molecule is CN(Cc1cc([N+](=O)[O-])ccc1Cl)c1ncnc2c1cnn2C. The molecule has 1 aromatic carbocycles. The molecule has 2 aromatic heterocycles. The first kappa shape index (κ1) is 15.2. The zero-order valence-electron chi connectivity index (χ0n) is 12.5. The molecule has 9 heteroatoms. The average molecular weight is 333 g/mol. The number of nitrogens with zero attached hydrogens (tertiary/aromatic N) is 6. The standard InChI is InChI=1S/C14H13ClN6O2/c1-19(7-9-5-10(21(22)23)3-4-12(9)15)13-11-6-18-20(2)14(11)17-8-16-13/h3-6,8H,7H2,1-2H3. The van der Waals surface area contributed by atoms with Crippen molar-refractivity contribution in [3.05, 3.63) is 51.4 Å². The molecule has 3 aromatic rings. The molecule has 0 spiro atoms. The van der Waals surface area contributed by atoms with E-state index in [-0.39, 0.29) is 5.69 Å². The summed E-state index contributed by atoms with van der Waals surface area (Å²) >= 11 is 6.16. The van der Waals surface area contributed by atoms with Gasteiger partial charge in [0.1, 0.15) is 12.1 Å². The van der Waals surface area contributed by atoms with Crippen LogP contribution in [0.3, 0.4) is 0 Å². The maximum absolute atomic E-state index is 10.9. The first-order valence-electron chi connectivity index (χ1n) is 6.74. The van der Waals surface area contributed by atoms with Gasteiger partial charge in [-0.3, -0.25) is 14.8 Å². The summed E-state index contributed by atoms with van der Waals surface area (Å²) in [5, 5.41) is 16.4. The first-order valence-corrected chi connectivity index (χ1v) is 7.12. The minimum Gasteiger partial charge on any atom is -0.355 e. The Morgan fingerprint density at radius 1 is 1.39 bits per heavy atom. The molecular formula is C14H13ClN6O2. The van der Waals surface area contributed by atoms with E-state index >= 15 is 0 Å². The van der Waals surface area contributed by atoms with Crippen LogP contribution in [0.25, 0.3) is 11.0 Å². The Kier molecular flexibility index (Phi) is 3.83. The van der Waals surface area contributed by atoms with Crippen molar-refractivity contribution in [3.63, 3.8) is 0 Å². The van der Waals surface area contributed by atoms with E-state index in [1.54, 1.807) is 17.9 Å². The molecule has 0 radical (unpaired) electrons. The van der Waals surface area contributed by atoms with Crippen molar-refractivity contribution in [1.29, 1.82) is 0 Å². The fraction of sp³-hybridized carbons (Fsp3) is 0.214. The van der Waals surface area contributed by atoms with Gasteiger partial charge in [0.25, 0.3) is 5.69 Å². The molecule has 23 heavy (non-hydrogen) atoms. The molecule has 0 fully saturated rings. The summed E-state index contributed by atoms with van der Waals surface area (Å²) in [7, 11) is 3.64. The van der Waals surface area contributed by atoms with Crippen molar-refractivity contribution in [3.8, 4) is 0 Å². The number of non-ortho nitro benzene ring substituents is 1. The van der Waals surface area contributed by atoms with Crippen LogP contribution in [0.4, 0.5) is 11.5 Å². The van der Waals surface area contributed by atoms with Crippen LogP contribution < -0.4 is 4.90 Å². The summed E-state index contributed by atoms with van der Waals surface area (Å²) in [5.74, 6) is 0.686. The monoisotopic (exact) mass is 332 g/mol. The topological polar surface area (TPSA) is 90.0 Å². The van der Waals surface area contributed by atoms with Gasteiger partial charge in [-0.1, -0.05) is 11.6 Å². The molecule has 0 unspecified atom stereocenters. The number of aryl methyl sites for hydroxylation is 1. The van der Waals surface area contributed by atoms with Gasteiger partial charge in [-0.05, 0) is 11.6 Å². The lowest BCUT2D eigenvalue weighted by molar-refractivity contribution is -0.384. The highest BCUT2D eigenvalue weighted by molar-refractivity contribution is 6.31. The van der Waals surface area contributed by atoms with Crippen LogP contribution in [0.5, 0.6) is 0 Å². The quantitative estimate of drug-likeness (QED) is 0.538. The summed E-state index contributed by atoms with van der Waals surface area (Å²) < 4.78 is 1.66. The maximum Gasteiger partial charge on any atom is 0.269 e. The summed E-state index contributed by atoms with van der Waals surface area (Å²) in [4.78, 5) is 20.8. The Balaban J connectivity index is 1.96. The predicted molar refractivity (Wildman–Crippen MR) is 86.5 cm³/mol. The largest absolute Gasteiger partial charge is 0.355 e. The zero-order valence-corrected chi connectivity index (χ0v) is 13.2. The molecule has 0 saturated carbocycles. The highest BCUT2D eigenvalue weighted by Gasteiger charge is 2.15. The second-order valence-corrected chi connectivity index (χ2v) is 5.50. The van der Waals surface area contributed by atoms with Gasteiger partial charge in [-0.2, -0.15) is 5.10 Å². The van der Waals surface area contributed by atoms with Gasteiger partial charge in [0.05, 0.1) is 16.5 Å². The molecule has 0 saturated heterocycles. The van der Waals surface area contributed by atoms with Gasteiger partial charge in [0.2, 0.25) is 0 Å². The molecule has 0 aliphatic rings. The molecule has 0 N–H and O–H groups in total. The van der Waals surface area contributed by atoms with Crippen molar-refractivity contribution >= 4 is 34.1 Å². The van der Waals surface area contributed by atoms with Crippen LogP contribution in [0.2, 0.25) is 5.02 Å². The lowest BCUT2D eigenvalue weighted by Gasteiger charge is -2.19. The van der Waals surface area contributed by atoms with Gasteiger partial charge in [0, 0.05) is 37.8 Å². The minimum atomic E-state index is -0.441. The van der Waals surface area contributed by atoms with Crippen molar-refractivity contribution in [2.75, 3.05) is 11.9 Å². The van der Waals surface area contributed by atoms with Gasteiger partial charge in [0.15, 0.2) is 5.65 Å². The Bertz CT molecular complexity index is 894. The van der Waals surface area contributed by atoms with Crippen LogP contribution in [-0.2, 0) is 13.6 Å². The number of halogens is 1. The second kappa shape index (κ2) is 5.81. The molecule has 0 atom stereocenters. The number of fused-ring (bicyclic) bond motifs is 1. The number of anilines is 1. The summed E-state index contributed by atoms with van der Waals surface area (Å²) in [6.45, 7) is 0.377. The highest BCUT2D eigenvalue weighted by atomic mass is 35.5. The lowest BCUT2D eigenvalue weighted by Crippen LogP contribution is -2.18. The third-order valence-electron chi connectivity index (χ3n) is 3.52. The molecule has 0 aliphatic heterocycles. The number of nitro groups is 1. The van der Waals surface area contributed by atoms with Gasteiger partial charge < -0.3 is 4.90 Å². The number of hydrogen-bond donors (Lipinski definition) is 0. The third kappa shape index (κ3) is 2.80. The molecular weight excluding hydrogens is 320 g/mol. The molecule has 3 rings (SSSR count). The molecule has 118 valence electrons. The fourth-order valence-corrected chi connectivity index (χ4v) is 2.56. The number of benzene rings is 1. The van der Waals surface area contributed by atoms with Crippen molar-refractivity contribution in [2.45, 2.75) is 6.54 Å². The van der Waals surface area contributed by atoms with E-state index in [0.717, 1.165) is 5.39 Å². The summed E-state index contributed by atoms with van der Waals surface area (Å²) in [6.07, 6.45) is 3.15. The van der Waals surface area contributed by atoms with Crippen molar-refractivity contribution in [2.24, 2.45) is 7.05 Å². The average Bonchev–Trinajstić information content (AvgIpc) is 2.90. The number of hydrogen-bond acceptors (Lipinski definition) is 6. The number of rotatable bonds is 4. The van der Waals surface area contributed by atoms with E-state index in [1.807, 2.05) is 11.9 Å². The molecule has 8 nitrogen and oxygen atoms in total. The number of nitro benzene ring substituents is 1. The Labute approximate surface area is 136 Å². The fourth-order valence-electron chi connectivity index (χ4n) is 2.38. The Hall–Kier alpha value is -2.74. The Morgan fingerprint density at radius 3 is 2.91 bits per heavy atom. The van der Waals surface area contributed by atoms with Gasteiger partial charge in [-0.15, -0.1) is 0 Å². The predicted octanol–water partition coefficient (Wildman–Crippen LogP) is 2.56. The maximum atomic E-state index is 10.9. The smallest absolute Gasteiger partial charge is 0.269 e. The molecule has 2 heterocycles. The van der Waals surface area contributed by atoms with E-state index in [1.165, 1.54) is 24.5 Å². The van der Waals surface area contributed by atoms with Gasteiger partial charge >= 0.3 is 0 Å². The van der Waals surface area contributed by atoms with Crippen molar-refractivity contribution in [1.82, 2.24) is 19.7 Å². The Morgan fingerprint density at radius 2 is 2.17 bits per heavy atom. The minimum absolute atomic E-state index is 0.00649. The van der Waals surface area contributed by atoms with Crippen LogP contribution >= 0.6 is 11.6 Å². The second-order valence-electron chi connectivity index (χ2n) is 5.09. The molecule has 0 aliphatic carbocycles. The first-order chi connectivity index (χ1) is 11.0. The highest BCUT2D eigenvalue weighted by Crippen LogP contribution is 2.27. The molecule has 0 bridgehead atoms. The third-order valence-corrected chi connectivity index (χ3v) is 3.89. The van der Waals surface area contributed by atoms with E-state index in [9.17, 15) is 10.1 Å². The zero-order chi connectivity index (χ0) is 16.6. The number of aromatic nitrogens is 4. The molecule has 0 amide bonds. The van der Waals surface area contributed by atoms with Crippen LogP contribution in [0.15, 0.2) is 30.7 Å². The van der Waals surface area contributed by atoms with E-state index in [0.29, 0.717) is 28.6 Å². The van der Waals surface area contributed by atoms with E-state index < -0.39 is 4.92 Å². The van der Waals surface area contributed by atoms with Crippen LogP contribution in [-0.4, -0.2) is 31.7 Å². The van der Waals surface area contributed by atoms with Crippen LogP contribution in [0.1, 0.15) is 5.56 Å². The normalized spacial score (nSPS) is 10.9. The van der Waals surface area contributed by atoms with E-state index in [2.05, 4.69) is 15.1 Å². The van der Waals surface area contributed by atoms with Gasteiger partial charge in [-0.25, -0.2) is 9.97 Å². The van der Waals surface area contributed by atoms with E-state index in [4.69, 9.17) is 11.6 Å². The lowest BCUT2D eigenvalue weighted by atomic mass is 10.2. The van der Waals surface area contributed by atoms with Crippen molar-refractivity contribution < 1.29 is 4.92 Å².